The topological polar surface area (TPSA) is 55.1 Å². The molecule has 4 atom stereocenters. The third-order valence-electron chi connectivity index (χ3n) is 5.00. The summed E-state index contributed by atoms with van der Waals surface area (Å²) in [5.41, 5.74) is 10.0. The van der Waals surface area contributed by atoms with Crippen molar-refractivity contribution in [1.29, 1.82) is 0 Å². The second kappa shape index (κ2) is 6.34. The maximum absolute atomic E-state index is 12.2. The van der Waals surface area contributed by atoms with Gasteiger partial charge in [0.25, 0.3) is 0 Å². The fourth-order valence-corrected chi connectivity index (χ4v) is 3.81. The van der Waals surface area contributed by atoms with Gasteiger partial charge >= 0.3 is 0 Å². The van der Waals surface area contributed by atoms with Crippen molar-refractivity contribution in [3.05, 3.63) is 71.3 Å². The van der Waals surface area contributed by atoms with E-state index < -0.39 is 0 Å². The molecule has 0 spiro atoms. The predicted molar refractivity (Wildman–Crippen MR) is 93.5 cm³/mol. The van der Waals surface area contributed by atoms with Gasteiger partial charge in [0, 0.05) is 24.4 Å². The molecule has 2 aliphatic rings. The Kier molecular flexibility index (Phi) is 4.42. The number of halogens is 1. The Labute approximate surface area is 142 Å². The van der Waals surface area contributed by atoms with Gasteiger partial charge < -0.3 is 11.1 Å². The summed E-state index contributed by atoms with van der Waals surface area (Å²) in [4.78, 5) is 12.2. The molecule has 4 heteroatoms. The smallest absolute Gasteiger partial charge is 0.222 e. The van der Waals surface area contributed by atoms with Crippen LogP contribution in [0.2, 0.25) is 0 Å². The van der Waals surface area contributed by atoms with E-state index in [1.54, 1.807) is 0 Å². The SMILES string of the molecule is Cl.NC(CC(=O)NC1C2Cc3ccccc3C21)c1ccccc1. The lowest BCUT2D eigenvalue weighted by atomic mass is 10.0. The zero-order chi connectivity index (χ0) is 15.1. The molecule has 3 nitrogen and oxygen atoms in total. The van der Waals surface area contributed by atoms with E-state index in [0.717, 1.165) is 12.0 Å². The molecule has 1 saturated carbocycles. The molecule has 23 heavy (non-hydrogen) atoms. The number of benzene rings is 2. The minimum atomic E-state index is -0.230. The molecule has 0 heterocycles. The van der Waals surface area contributed by atoms with E-state index in [1.165, 1.54) is 11.1 Å². The van der Waals surface area contributed by atoms with E-state index in [0.29, 0.717) is 24.3 Å². The van der Waals surface area contributed by atoms with Crippen molar-refractivity contribution >= 4 is 18.3 Å². The summed E-state index contributed by atoms with van der Waals surface area (Å²) in [6, 6.07) is 18.5. The van der Waals surface area contributed by atoms with Gasteiger partial charge in [0.2, 0.25) is 5.91 Å². The van der Waals surface area contributed by atoms with Crippen LogP contribution in [0.5, 0.6) is 0 Å². The monoisotopic (exact) mass is 328 g/mol. The highest BCUT2D eigenvalue weighted by Crippen LogP contribution is 2.56. The van der Waals surface area contributed by atoms with Crippen molar-refractivity contribution < 1.29 is 4.79 Å². The van der Waals surface area contributed by atoms with Crippen LogP contribution >= 0.6 is 12.4 Å². The molecule has 1 amide bonds. The van der Waals surface area contributed by atoms with E-state index in [-0.39, 0.29) is 24.4 Å². The van der Waals surface area contributed by atoms with E-state index in [9.17, 15) is 4.79 Å². The average Bonchev–Trinajstić information content (AvgIpc) is 3.05. The van der Waals surface area contributed by atoms with Crippen molar-refractivity contribution in [3.63, 3.8) is 0 Å². The Morgan fingerprint density at radius 1 is 1.13 bits per heavy atom. The van der Waals surface area contributed by atoms with Crippen molar-refractivity contribution in [3.8, 4) is 0 Å². The normalized spacial score (nSPS) is 24.8. The fourth-order valence-electron chi connectivity index (χ4n) is 3.81. The van der Waals surface area contributed by atoms with Gasteiger partial charge in [-0.1, -0.05) is 54.6 Å². The van der Waals surface area contributed by atoms with Crippen LogP contribution in [-0.2, 0) is 11.2 Å². The molecule has 0 radical (unpaired) electrons. The molecular formula is C19H21ClN2O. The molecule has 0 bridgehead atoms. The van der Waals surface area contributed by atoms with Crippen LogP contribution in [0.4, 0.5) is 0 Å². The standard InChI is InChI=1S/C19H20N2O.ClH/c20-16(12-6-2-1-3-7-12)11-17(22)21-19-15-10-13-8-4-5-9-14(13)18(15)19;/h1-9,15-16,18-19H,10-11,20H2,(H,21,22);1H. The molecule has 120 valence electrons. The second-order valence-electron chi connectivity index (χ2n) is 6.41. The van der Waals surface area contributed by atoms with Gasteiger partial charge in [0.1, 0.15) is 0 Å². The largest absolute Gasteiger partial charge is 0.352 e. The summed E-state index contributed by atoms with van der Waals surface area (Å²) >= 11 is 0. The molecule has 0 aliphatic heterocycles. The van der Waals surface area contributed by atoms with E-state index in [1.807, 2.05) is 30.3 Å². The van der Waals surface area contributed by atoms with Crippen LogP contribution in [0.15, 0.2) is 54.6 Å². The van der Waals surface area contributed by atoms with Gasteiger partial charge in [0.05, 0.1) is 0 Å². The minimum absolute atomic E-state index is 0. The van der Waals surface area contributed by atoms with Gasteiger partial charge in [-0.15, -0.1) is 12.4 Å². The molecule has 2 aromatic carbocycles. The van der Waals surface area contributed by atoms with Crippen molar-refractivity contribution in [2.45, 2.75) is 30.8 Å². The Bertz CT molecular complexity index is 704. The number of hydrogen-bond acceptors (Lipinski definition) is 2. The van der Waals surface area contributed by atoms with Crippen LogP contribution in [0.25, 0.3) is 0 Å². The summed E-state index contributed by atoms with van der Waals surface area (Å²) in [5.74, 6) is 1.18. The van der Waals surface area contributed by atoms with E-state index in [4.69, 9.17) is 5.73 Å². The first-order valence-electron chi connectivity index (χ1n) is 7.92. The lowest BCUT2D eigenvalue weighted by Gasteiger charge is -2.13. The molecule has 1 fully saturated rings. The van der Waals surface area contributed by atoms with Crippen LogP contribution < -0.4 is 11.1 Å². The lowest BCUT2D eigenvalue weighted by Crippen LogP contribution is -2.31. The molecule has 2 aliphatic carbocycles. The number of amides is 1. The number of fused-ring (bicyclic) bond motifs is 3. The number of nitrogens with one attached hydrogen (secondary N) is 1. The van der Waals surface area contributed by atoms with Crippen molar-refractivity contribution in [2.75, 3.05) is 0 Å². The minimum Gasteiger partial charge on any atom is -0.352 e. The van der Waals surface area contributed by atoms with E-state index >= 15 is 0 Å². The molecule has 4 rings (SSSR count). The maximum Gasteiger partial charge on any atom is 0.222 e. The van der Waals surface area contributed by atoms with Crippen LogP contribution in [-0.4, -0.2) is 11.9 Å². The summed E-state index contributed by atoms with van der Waals surface area (Å²) in [7, 11) is 0. The molecule has 0 saturated heterocycles. The van der Waals surface area contributed by atoms with Gasteiger partial charge in [-0.2, -0.15) is 0 Å². The summed E-state index contributed by atoms with van der Waals surface area (Å²) in [5, 5.41) is 3.18. The van der Waals surface area contributed by atoms with Gasteiger partial charge in [-0.25, -0.2) is 0 Å². The van der Waals surface area contributed by atoms with Crippen molar-refractivity contribution in [1.82, 2.24) is 5.32 Å². The molecule has 3 N–H and O–H groups in total. The number of carbonyl (C=O) groups excluding carboxylic acids is 1. The third-order valence-corrected chi connectivity index (χ3v) is 5.00. The second-order valence-corrected chi connectivity index (χ2v) is 6.41. The van der Waals surface area contributed by atoms with Crippen LogP contribution in [0.1, 0.15) is 35.1 Å². The predicted octanol–water partition coefficient (Wildman–Crippen LogP) is 2.95. The lowest BCUT2D eigenvalue weighted by molar-refractivity contribution is -0.121. The zero-order valence-corrected chi connectivity index (χ0v) is 13.6. The van der Waals surface area contributed by atoms with Crippen LogP contribution in [0.3, 0.4) is 0 Å². The first-order chi connectivity index (χ1) is 10.7. The Morgan fingerprint density at radius 3 is 2.61 bits per heavy atom. The highest BCUT2D eigenvalue weighted by molar-refractivity contribution is 5.85. The Morgan fingerprint density at radius 2 is 1.83 bits per heavy atom. The molecule has 4 unspecified atom stereocenters. The number of nitrogens with two attached hydrogens (primary N) is 1. The Balaban J connectivity index is 0.00000156. The van der Waals surface area contributed by atoms with Crippen LogP contribution in [0, 0.1) is 5.92 Å². The van der Waals surface area contributed by atoms with Gasteiger partial charge in [-0.05, 0) is 29.0 Å². The molecule has 2 aromatic rings. The summed E-state index contributed by atoms with van der Waals surface area (Å²) < 4.78 is 0. The van der Waals surface area contributed by atoms with Gasteiger partial charge in [-0.3, -0.25) is 4.79 Å². The highest BCUT2D eigenvalue weighted by atomic mass is 35.5. The maximum atomic E-state index is 12.2. The van der Waals surface area contributed by atoms with Crippen molar-refractivity contribution in [2.24, 2.45) is 11.7 Å². The first-order valence-corrected chi connectivity index (χ1v) is 7.92. The Hall–Kier alpha value is -1.84. The fraction of sp³-hybridized carbons (Fsp3) is 0.316. The zero-order valence-electron chi connectivity index (χ0n) is 12.8. The van der Waals surface area contributed by atoms with Gasteiger partial charge in [0.15, 0.2) is 0 Å². The molecular weight excluding hydrogens is 308 g/mol. The summed E-state index contributed by atoms with van der Waals surface area (Å²) in [6.45, 7) is 0. The number of hydrogen-bond donors (Lipinski definition) is 2. The first kappa shape index (κ1) is 16.0. The number of carbonyl (C=O) groups is 1. The number of rotatable bonds is 4. The average molecular weight is 329 g/mol. The molecule has 0 aromatic heterocycles. The summed E-state index contributed by atoms with van der Waals surface area (Å²) in [6.07, 6.45) is 1.44. The van der Waals surface area contributed by atoms with E-state index in [2.05, 4.69) is 29.6 Å². The quantitative estimate of drug-likeness (QED) is 0.906. The highest BCUT2D eigenvalue weighted by Gasteiger charge is 2.56. The third kappa shape index (κ3) is 2.99.